The van der Waals surface area contributed by atoms with Crippen molar-refractivity contribution in [2.45, 2.75) is 0 Å². The second-order valence-electron chi connectivity index (χ2n) is 0. The van der Waals surface area contributed by atoms with Crippen molar-refractivity contribution in [1.82, 2.24) is 0 Å². The molecule has 5 heavy (non-hydrogen) atoms. The van der Waals surface area contributed by atoms with Crippen molar-refractivity contribution >= 4 is 33.7 Å². The molecule has 0 rings (SSSR count). The van der Waals surface area contributed by atoms with Gasteiger partial charge in [0.2, 0.25) is 0 Å². The first kappa shape index (κ1) is 98.5. The average Bonchev–Trinajstić information content (AvgIpc) is 0. The molecular weight excluding hydrogens is 132 g/mol. The molecule has 0 amide bonds. The van der Waals surface area contributed by atoms with Crippen LogP contribution in [0.4, 0.5) is 0 Å². The Labute approximate surface area is 66.0 Å². The minimum absolute atomic E-state index is 0. The van der Waals surface area contributed by atoms with Crippen LogP contribution in [0.5, 0.6) is 0 Å². The van der Waals surface area contributed by atoms with Crippen molar-refractivity contribution < 1.29 is 32.7 Å². The monoisotopic (exact) mass is 141 g/mol. The summed E-state index contributed by atoms with van der Waals surface area (Å²) in [6, 6.07) is 0. The number of hydrogen-bond donors (Lipinski definition) is 0. The van der Waals surface area contributed by atoms with Crippen molar-refractivity contribution in [3.05, 3.63) is 0 Å². The van der Waals surface area contributed by atoms with E-state index in [1.165, 1.54) is 0 Å². The summed E-state index contributed by atoms with van der Waals surface area (Å²) in [5.74, 6) is 0. The molecule has 23 valence electrons. The fraction of sp³-hybridized carbons (Fsp3) is 0. The predicted octanol–water partition coefficient (Wildman–Crippen LogP) is -3.67. The second-order valence-corrected chi connectivity index (χ2v) is 0. The van der Waals surface area contributed by atoms with Gasteiger partial charge in [-0.3, -0.25) is 0 Å². The molecule has 0 heterocycles. The van der Waals surface area contributed by atoms with Gasteiger partial charge in [-0.2, -0.15) is 0 Å². The minimum atomic E-state index is 0. The molecule has 0 unspecified atom stereocenters. The molecule has 5 heteroatoms. The van der Waals surface area contributed by atoms with E-state index in [0.717, 1.165) is 0 Å². The Morgan fingerprint density at radius 1 is 0.400 bits per heavy atom. The molecule has 0 aliphatic rings. The fourth-order valence-electron chi connectivity index (χ4n) is 0. The molecule has 0 saturated heterocycles. The van der Waals surface area contributed by atoms with Crippen LogP contribution in [0.25, 0.3) is 0 Å². The van der Waals surface area contributed by atoms with Gasteiger partial charge >= 0.3 is 0 Å². The van der Waals surface area contributed by atoms with Crippen LogP contribution in [0.1, 0.15) is 0 Å². The number of hydrogen-bond acceptors (Lipinski definition) is 0. The Morgan fingerprint density at radius 2 is 0.400 bits per heavy atom. The summed E-state index contributed by atoms with van der Waals surface area (Å²) in [6.45, 7) is 0. The third kappa shape index (κ3) is 32.6. The van der Waals surface area contributed by atoms with Gasteiger partial charge in [-0.15, -0.1) is 0 Å². The quantitative estimate of drug-likeness (QED) is 0.304. The molecule has 0 aromatic carbocycles. The van der Waals surface area contributed by atoms with E-state index in [1.807, 2.05) is 0 Å². The zero-order valence-corrected chi connectivity index (χ0v) is 7.42. The van der Waals surface area contributed by atoms with Crippen LogP contribution in [0, 0.1) is 0 Å². The zero-order chi connectivity index (χ0) is 0. The summed E-state index contributed by atoms with van der Waals surface area (Å²) in [4.78, 5) is 0. The van der Waals surface area contributed by atoms with E-state index in [-0.39, 0.29) is 66.4 Å². The summed E-state index contributed by atoms with van der Waals surface area (Å²) < 4.78 is 0. The van der Waals surface area contributed by atoms with Crippen molar-refractivity contribution in [3.8, 4) is 0 Å². The van der Waals surface area contributed by atoms with E-state index in [1.54, 1.807) is 0 Å². The van der Waals surface area contributed by atoms with Crippen LogP contribution in [-0.4, -0.2) is 33.7 Å². The average molecular weight is 140 g/mol. The van der Waals surface area contributed by atoms with Gasteiger partial charge in [0.25, 0.3) is 0 Å². The molecule has 0 bridgehead atoms. The fourth-order valence-corrected chi connectivity index (χ4v) is 0. The van der Waals surface area contributed by atoms with E-state index in [4.69, 9.17) is 0 Å². The molecule has 0 spiro atoms. The Hall–Kier alpha value is 1.36. The maximum atomic E-state index is 0. The Kier molecular flexibility index (Phi) is 1080. The van der Waals surface area contributed by atoms with E-state index in [9.17, 15) is 0 Å². The molecule has 0 nitrogen and oxygen atoms in total. The van der Waals surface area contributed by atoms with Gasteiger partial charge in [0, 0.05) is 32.7 Å². The van der Waals surface area contributed by atoms with Crippen molar-refractivity contribution in [1.29, 1.82) is 0 Å². The molecule has 0 fully saturated rings. The van der Waals surface area contributed by atoms with E-state index >= 15 is 0 Å². The van der Waals surface area contributed by atoms with Crippen LogP contribution in [0.15, 0.2) is 0 Å². The first-order valence-electron chi connectivity index (χ1n) is 0. The van der Waals surface area contributed by atoms with Crippen LogP contribution >= 0.6 is 0 Å². The predicted molar refractivity (Wildman–Crippen MR) is 34.2 cm³/mol. The number of rotatable bonds is 0. The van der Waals surface area contributed by atoms with E-state index < -0.39 is 0 Å². The third-order valence-electron chi connectivity index (χ3n) is 0. The first-order chi connectivity index (χ1) is 0. The molecular formula is H8B4Y. The molecule has 0 aromatic rings. The van der Waals surface area contributed by atoms with E-state index in [0.29, 0.717) is 0 Å². The maximum absolute atomic E-state index is 0. The van der Waals surface area contributed by atoms with Gasteiger partial charge in [0.05, 0.1) is 33.7 Å². The Bertz CT molecular complexity index is 3.61. The SMILES string of the molecule is [BH2].[BH2].[BH2].[BH2].[Y]. The normalized spacial score (nSPS) is 0. The summed E-state index contributed by atoms with van der Waals surface area (Å²) in [6.07, 6.45) is 0. The summed E-state index contributed by atoms with van der Waals surface area (Å²) in [5, 5.41) is 0. The smallest absolute Gasteiger partial charge is 0 e. The molecule has 0 N–H and O–H groups in total. The van der Waals surface area contributed by atoms with Crippen LogP contribution < -0.4 is 0 Å². The Morgan fingerprint density at radius 3 is 0.400 bits per heavy atom. The first-order valence-corrected chi connectivity index (χ1v) is 0. The summed E-state index contributed by atoms with van der Waals surface area (Å²) in [5.41, 5.74) is 0. The zero-order valence-electron chi connectivity index (χ0n) is 4.58. The largest absolute Gasteiger partial charge is 0.0643 e. The molecule has 0 saturated carbocycles. The van der Waals surface area contributed by atoms with Crippen LogP contribution in [-0.2, 0) is 32.7 Å². The van der Waals surface area contributed by atoms with Gasteiger partial charge < -0.3 is 0 Å². The molecule has 0 atom stereocenters. The van der Waals surface area contributed by atoms with Gasteiger partial charge in [0.15, 0.2) is 0 Å². The van der Waals surface area contributed by atoms with Gasteiger partial charge in [-0.25, -0.2) is 0 Å². The van der Waals surface area contributed by atoms with Crippen LogP contribution in [0.3, 0.4) is 0 Å². The maximum Gasteiger partial charge on any atom is 0.0643 e. The van der Waals surface area contributed by atoms with Crippen molar-refractivity contribution in [3.63, 3.8) is 0 Å². The second kappa shape index (κ2) is 54.9. The van der Waals surface area contributed by atoms with Crippen LogP contribution in [0.2, 0.25) is 0 Å². The summed E-state index contributed by atoms with van der Waals surface area (Å²) >= 11 is 0. The standard InChI is InChI=1S/4BH2.Y/h4*1H2;. The summed E-state index contributed by atoms with van der Waals surface area (Å²) in [7, 11) is 0. The topological polar surface area (TPSA) is 0 Å². The van der Waals surface area contributed by atoms with Crippen molar-refractivity contribution in [2.24, 2.45) is 0 Å². The van der Waals surface area contributed by atoms with E-state index in [2.05, 4.69) is 0 Å². The Balaban J connectivity index is 0. The molecule has 0 aromatic heterocycles. The third-order valence-corrected chi connectivity index (χ3v) is 0. The minimum Gasteiger partial charge on any atom is 0 e. The molecule has 0 aliphatic carbocycles. The van der Waals surface area contributed by atoms with Gasteiger partial charge in [-0.1, -0.05) is 0 Å². The molecule has 5 radical (unpaired) electrons. The van der Waals surface area contributed by atoms with Gasteiger partial charge in [-0.05, 0) is 0 Å². The van der Waals surface area contributed by atoms with Crippen molar-refractivity contribution in [2.75, 3.05) is 0 Å². The molecule has 0 aliphatic heterocycles. The van der Waals surface area contributed by atoms with Gasteiger partial charge in [0.1, 0.15) is 0 Å².